The van der Waals surface area contributed by atoms with Crippen LogP contribution in [-0.2, 0) is 6.54 Å². The van der Waals surface area contributed by atoms with Gasteiger partial charge in [-0.15, -0.1) is 0 Å². The molecule has 0 unspecified atom stereocenters. The number of benzene rings is 2. The Balaban J connectivity index is 2.10. The lowest BCUT2D eigenvalue weighted by molar-refractivity contribution is 0.0942. The predicted octanol–water partition coefficient (Wildman–Crippen LogP) is 2.60. The zero-order valence-corrected chi connectivity index (χ0v) is 9.86. The lowest BCUT2D eigenvalue weighted by Crippen LogP contribution is -2.25. The minimum atomic E-state index is -0.909. The summed E-state index contributed by atoms with van der Waals surface area (Å²) in [5, 5.41) is 11.6. The van der Waals surface area contributed by atoms with Crippen LogP contribution in [-0.4, -0.2) is 11.0 Å². The molecule has 0 spiro atoms. The van der Waals surface area contributed by atoms with Crippen LogP contribution in [0.5, 0.6) is 5.75 Å². The van der Waals surface area contributed by atoms with Crippen LogP contribution in [0.15, 0.2) is 42.5 Å². The zero-order valence-electron chi connectivity index (χ0n) is 9.86. The number of phenolic OH excluding ortho intramolecular Hbond substituents is 1. The second kappa shape index (κ2) is 5.48. The molecule has 0 radical (unpaired) electrons. The van der Waals surface area contributed by atoms with Gasteiger partial charge in [-0.3, -0.25) is 4.79 Å². The van der Waals surface area contributed by atoms with Crippen LogP contribution in [0, 0.1) is 11.6 Å². The molecule has 2 aromatic carbocycles. The fourth-order valence-corrected chi connectivity index (χ4v) is 1.65. The average molecular weight is 263 g/mol. The second-order valence-electron chi connectivity index (χ2n) is 3.95. The Morgan fingerprint density at radius 3 is 2.37 bits per heavy atom. The Hall–Kier alpha value is -2.43. The smallest absolute Gasteiger partial charge is 0.257 e. The summed E-state index contributed by atoms with van der Waals surface area (Å²) in [4.78, 5) is 11.7. The SMILES string of the molecule is O=C(NCc1cccc(O)c1)c1c(F)cccc1F. The van der Waals surface area contributed by atoms with E-state index in [-0.39, 0.29) is 12.3 Å². The Bertz CT molecular complexity index is 594. The first-order valence-electron chi connectivity index (χ1n) is 5.58. The third kappa shape index (κ3) is 3.07. The highest BCUT2D eigenvalue weighted by Gasteiger charge is 2.16. The highest BCUT2D eigenvalue weighted by Crippen LogP contribution is 2.13. The predicted molar refractivity (Wildman–Crippen MR) is 65.6 cm³/mol. The van der Waals surface area contributed by atoms with Crippen LogP contribution in [0.25, 0.3) is 0 Å². The van der Waals surface area contributed by atoms with Gasteiger partial charge in [-0.25, -0.2) is 8.78 Å². The van der Waals surface area contributed by atoms with E-state index in [1.54, 1.807) is 12.1 Å². The normalized spacial score (nSPS) is 10.2. The van der Waals surface area contributed by atoms with Crippen molar-refractivity contribution < 1.29 is 18.7 Å². The van der Waals surface area contributed by atoms with E-state index in [9.17, 15) is 18.7 Å². The first-order valence-corrected chi connectivity index (χ1v) is 5.58. The fraction of sp³-hybridized carbons (Fsp3) is 0.0714. The summed E-state index contributed by atoms with van der Waals surface area (Å²) in [6, 6.07) is 9.47. The van der Waals surface area contributed by atoms with Crippen molar-refractivity contribution in [1.82, 2.24) is 5.32 Å². The Labute approximate surface area is 108 Å². The van der Waals surface area contributed by atoms with Crippen LogP contribution >= 0.6 is 0 Å². The van der Waals surface area contributed by atoms with Crippen molar-refractivity contribution in [2.75, 3.05) is 0 Å². The molecule has 0 aliphatic rings. The van der Waals surface area contributed by atoms with E-state index < -0.39 is 23.1 Å². The van der Waals surface area contributed by atoms with Gasteiger partial charge in [0.1, 0.15) is 22.9 Å². The molecule has 0 aliphatic carbocycles. The molecule has 98 valence electrons. The maximum Gasteiger partial charge on any atom is 0.257 e. The van der Waals surface area contributed by atoms with Gasteiger partial charge in [-0.2, -0.15) is 0 Å². The van der Waals surface area contributed by atoms with Crippen molar-refractivity contribution in [3.05, 3.63) is 65.2 Å². The van der Waals surface area contributed by atoms with Crippen molar-refractivity contribution in [2.45, 2.75) is 6.54 Å². The Morgan fingerprint density at radius 1 is 1.11 bits per heavy atom. The summed E-state index contributed by atoms with van der Waals surface area (Å²) in [5.74, 6) is -2.59. The fourth-order valence-electron chi connectivity index (χ4n) is 1.65. The molecule has 0 fully saturated rings. The standard InChI is InChI=1S/C14H11F2NO2/c15-11-5-2-6-12(16)13(11)14(19)17-8-9-3-1-4-10(18)7-9/h1-7,18H,8H2,(H,17,19). The van der Waals surface area contributed by atoms with E-state index in [0.717, 1.165) is 12.1 Å². The highest BCUT2D eigenvalue weighted by molar-refractivity contribution is 5.94. The van der Waals surface area contributed by atoms with Gasteiger partial charge in [0.2, 0.25) is 0 Å². The number of hydrogen-bond donors (Lipinski definition) is 2. The van der Waals surface area contributed by atoms with Gasteiger partial charge in [0, 0.05) is 6.54 Å². The lowest BCUT2D eigenvalue weighted by Gasteiger charge is -2.07. The average Bonchev–Trinajstić information content (AvgIpc) is 2.36. The molecule has 0 heterocycles. The van der Waals surface area contributed by atoms with Crippen molar-refractivity contribution in [3.8, 4) is 5.75 Å². The molecule has 5 heteroatoms. The quantitative estimate of drug-likeness (QED) is 0.894. The highest BCUT2D eigenvalue weighted by atomic mass is 19.1. The van der Waals surface area contributed by atoms with Gasteiger partial charge in [0.25, 0.3) is 5.91 Å². The molecule has 3 nitrogen and oxygen atoms in total. The molecule has 2 rings (SSSR count). The van der Waals surface area contributed by atoms with E-state index in [1.165, 1.54) is 18.2 Å². The van der Waals surface area contributed by atoms with Gasteiger partial charge in [0.15, 0.2) is 0 Å². The molecule has 0 saturated heterocycles. The zero-order chi connectivity index (χ0) is 13.8. The molecule has 1 amide bonds. The van der Waals surface area contributed by atoms with E-state index in [0.29, 0.717) is 5.56 Å². The third-order valence-corrected chi connectivity index (χ3v) is 2.55. The summed E-state index contributed by atoms with van der Waals surface area (Å²) in [7, 11) is 0. The first kappa shape index (κ1) is 13.0. The molecule has 0 atom stereocenters. The molecule has 0 saturated carbocycles. The lowest BCUT2D eigenvalue weighted by atomic mass is 10.1. The van der Waals surface area contributed by atoms with Crippen LogP contribution < -0.4 is 5.32 Å². The summed E-state index contributed by atoms with van der Waals surface area (Å²) in [5.41, 5.74) is 0.0211. The van der Waals surface area contributed by atoms with E-state index in [1.807, 2.05) is 0 Å². The van der Waals surface area contributed by atoms with Gasteiger partial charge < -0.3 is 10.4 Å². The van der Waals surface area contributed by atoms with Crippen molar-refractivity contribution in [3.63, 3.8) is 0 Å². The number of aromatic hydroxyl groups is 1. The summed E-state index contributed by atoms with van der Waals surface area (Å²) in [6.45, 7) is 0.0704. The largest absolute Gasteiger partial charge is 0.508 e. The molecule has 2 aromatic rings. The van der Waals surface area contributed by atoms with Crippen molar-refractivity contribution in [1.29, 1.82) is 0 Å². The Kier molecular flexibility index (Phi) is 3.75. The van der Waals surface area contributed by atoms with Gasteiger partial charge in [-0.1, -0.05) is 18.2 Å². The molecule has 0 aliphatic heterocycles. The van der Waals surface area contributed by atoms with Gasteiger partial charge >= 0.3 is 0 Å². The van der Waals surface area contributed by atoms with Crippen LogP contribution in [0.2, 0.25) is 0 Å². The number of amides is 1. The van der Waals surface area contributed by atoms with E-state index in [4.69, 9.17) is 0 Å². The van der Waals surface area contributed by atoms with Crippen molar-refractivity contribution in [2.24, 2.45) is 0 Å². The molecular weight excluding hydrogens is 252 g/mol. The minimum absolute atomic E-state index is 0.0591. The number of phenols is 1. The van der Waals surface area contributed by atoms with Crippen LogP contribution in [0.1, 0.15) is 15.9 Å². The molecular formula is C14H11F2NO2. The Morgan fingerprint density at radius 2 is 1.74 bits per heavy atom. The van der Waals surface area contributed by atoms with E-state index >= 15 is 0 Å². The topological polar surface area (TPSA) is 49.3 Å². The van der Waals surface area contributed by atoms with Crippen LogP contribution in [0.3, 0.4) is 0 Å². The number of nitrogens with one attached hydrogen (secondary N) is 1. The maximum atomic E-state index is 13.3. The number of rotatable bonds is 3. The maximum absolute atomic E-state index is 13.3. The second-order valence-corrected chi connectivity index (χ2v) is 3.95. The minimum Gasteiger partial charge on any atom is -0.508 e. The molecule has 19 heavy (non-hydrogen) atoms. The number of halogens is 2. The number of carbonyl (C=O) groups excluding carboxylic acids is 1. The monoisotopic (exact) mass is 263 g/mol. The number of hydrogen-bond acceptors (Lipinski definition) is 2. The molecule has 0 aromatic heterocycles. The third-order valence-electron chi connectivity index (χ3n) is 2.55. The molecule has 2 N–H and O–H groups in total. The first-order chi connectivity index (χ1) is 9.08. The number of carbonyl (C=O) groups is 1. The van der Waals surface area contributed by atoms with Crippen molar-refractivity contribution >= 4 is 5.91 Å². The molecule has 0 bridgehead atoms. The summed E-state index contributed by atoms with van der Waals surface area (Å²) >= 11 is 0. The van der Waals surface area contributed by atoms with Gasteiger partial charge in [-0.05, 0) is 29.8 Å². The summed E-state index contributed by atoms with van der Waals surface area (Å²) < 4.78 is 26.7. The van der Waals surface area contributed by atoms with Gasteiger partial charge in [0.05, 0.1) is 0 Å². The van der Waals surface area contributed by atoms with Crippen LogP contribution in [0.4, 0.5) is 8.78 Å². The van der Waals surface area contributed by atoms with E-state index in [2.05, 4.69) is 5.32 Å². The summed E-state index contributed by atoms with van der Waals surface area (Å²) in [6.07, 6.45) is 0.